The Labute approximate surface area is 432 Å². The van der Waals surface area contributed by atoms with Crippen molar-refractivity contribution in [2.45, 2.75) is 270 Å². The molecule has 9 nitrogen and oxygen atoms in total. The van der Waals surface area contributed by atoms with Crippen molar-refractivity contribution in [2.75, 3.05) is 40.9 Å². The van der Waals surface area contributed by atoms with Gasteiger partial charge in [0, 0.05) is 12.8 Å². The summed E-state index contributed by atoms with van der Waals surface area (Å²) >= 11 is 0. The first-order valence-corrected chi connectivity index (χ1v) is 30.6. The molecular weight excluding hydrogens is 892 g/mol. The number of esters is 1. The maximum atomic E-state index is 13.5. The summed E-state index contributed by atoms with van der Waals surface area (Å²) in [6.07, 6.45) is 61.8. The van der Waals surface area contributed by atoms with Crippen molar-refractivity contribution in [3.8, 4) is 0 Å². The molecule has 0 aliphatic carbocycles. The molecule has 70 heavy (non-hydrogen) atoms. The minimum absolute atomic E-state index is 0.0268. The maximum absolute atomic E-state index is 13.5. The first-order chi connectivity index (χ1) is 33.9. The highest BCUT2D eigenvalue weighted by molar-refractivity contribution is 7.45. The fourth-order valence-electron chi connectivity index (χ4n) is 8.15. The first-order valence-electron chi connectivity index (χ1n) is 29.1. The van der Waals surface area contributed by atoms with Gasteiger partial charge in [0.05, 0.1) is 33.8 Å². The maximum Gasteiger partial charge on any atom is 0.306 e. The highest BCUT2D eigenvalue weighted by Crippen LogP contribution is 2.38. The molecule has 0 aromatic rings. The molecule has 0 rings (SSSR count). The van der Waals surface area contributed by atoms with E-state index in [1.165, 1.54) is 128 Å². The second-order valence-corrected chi connectivity index (χ2v) is 22.2. The minimum atomic E-state index is -4.70. The lowest BCUT2D eigenvalue weighted by Crippen LogP contribution is -2.47. The molecule has 0 aromatic carbocycles. The van der Waals surface area contributed by atoms with E-state index in [0.717, 1.165) is 96.3 Å². The average molecular weight is 1000 g/mol. The van der Waals surface area contributed by atoms with Gasteiger partial charge in [0.2, 0.25) is 5.91 Å². The van der Waals surface area contributed by atoms with Crippen molar-refractivity contribution >= 4 is 19.7 Å². The Hall–Kier alpha value is -2.29. The predicted octanol–water partition coefficient (Wildman–Crippen LogP) is 16.9. The summed E-state index contributed by atoms with van der Waals surface area (Å²) < 4.78 is 30.2. The molecule has 3 atom stereocenters. The average Bonchev–Trinajstić information content (AvgIpc) is 3.32. The van der Waals surface area contributed by atoms with Gasteiger partial charge in [-0.05, 0) is 76.7 Å². The van der Waals surface area contributed by atoms with Crippen LogP contribution in [0, 0.1) is 0 Å². The van der Waals surface area contributed by atoms with E-state index < -0.39 is 26.6 Å². The number of hydrogen-bond donors (Lipinski definition) is 1. The summed E-state index contributed by atoms with van der Waals surface area (Å²) in [4.78, 5) is 39.8. The summed E-state index contributed by atoms with van der Waals surface area (Å²) in [6.45, 7) is 6.79. The summed E-state index contributed by atoms with van der Waals surface area (Å²) in [5.74, 6) is -0.560. The third-order valence-electron chi connectivity index (χ3n) is 12.7. The van der Waals surface area contributed by atoms with E-state index >= 15 is 0 Å². The van der Waals surface area contributed by atoms with Crippen LogP contribution in [0.25, 0.3) is 0 Å². The predicted molar refractivity (Wildman–Crippen MR) is 298 cm³/mol. The van der Waals surface area contributed by atoms with Gasteiger partial charge < -0.3 is 28.5 Å². The number of likely N-dealkylation sites (N-methyl/N-ethyl adjacent to an activating group) is 1. The lowest BCUT2D eigenvalue weighted by molar-refractivity contribution is -0.870. The smallest absolute Gasteiger partial charge is 0.306 e. The standard InChI is InChI=1S/C60H111N2O7P/c1-7-10-13-16-19-22-25-27-28-29-30-31-32-33-34-35-38-40-43-46-49-52-59(63)61-57(56-68-70(65,66)67-55-54-62(4,5)6)58(51-48-45-42-39-37-26-23-20-17-14-11-8-2)69-60(64)53-50-47-44-41-36-24-21-18-15-12-9-3/h19,22,27-28,30-31,33-34,48,51,57-58H,7-18,20-21,23-26,29,32,35-47,49-50,52-56H2,1-6H3,(H-,61,63,65,66)/b22-19-,28-27-,31-30-,34-33-,51-48-. The van der Waals surface area contributed by atoms with Crippen molar-refractivity contribution in [2.24, 2.45) is 0 Å². The molecule has 10 heteroatoms. The molecule has 0 aliphatic rings. The lowest BCUT2D eigenvalue weighted by atomic mass is 10.0. The molecule has 0 saturated carbocycles. The minimum Gasteiger partial charge on any atom is -0.756 e. The number of carbonyl (C=O) groups is 2. The fourth-order valence-corrected chi connectivity index (χ4v) is 8.87. The van der Waals surface area contributed by atoms with Crippen LogP contribution in [-0.4, -0.2) is 69.4 Å². The third-order valence-corrected chi connectivity index (χ3v) is 13.7. The van der Waals surface area contributed by atoms with Crippen LogP contribution in [-0.2, 0) is 27.9 Å². The summed E-state index contributed by atoms with van der Waals surface area (Å²) in [7, 11) is 1.17. The van der Waals surface area contributed by atoms with Crippen LogP contribution in [0.5, 0.6) is 0 Å². The van der Waals surface area contributed by atoms with Crippen LogP contribution in [0.3, 0.4) is 0 Å². The van der Waals surface area contributed by atoms with E-state index in [2.05, 4.69) is 74.7 Å². The summed E-state index contributed by atoms with van der Waals surface area (Å²) in [6, 6.07) is -0.896. The van der Waals surface area contributed by atoms with Gasteiger partial charge in [0.1, 0.15) is 19.3 Å². The Morgan fingerprint density at radius 3 is 1.33 bits per heavy atom. The monoisotopic (exact) mass is 1000 g/mol. The van der Waals surface area contributed by atoms with Crippen LogP contribution >= 0.6 is 7.82 Å². The van der Waals surface area contributed by atoms with Gasteiger partial charge in [-0.3, -0.25) is 14.2 Å². The second kappa shape index (κ2) is 50.3. The Bertz CT molecular complexity index is 1390. The van der Waals surface area contributed by atoms with E-state index in [4.69, 9.17) is 13.8 Å². The molecule has 1 amide bonds. The number of carbonyl (C=O) groups excluding carboxylic acids is 2. The topological polar surface area (TPSA) is 114 Å². The van der Waals surface area contributed by atoms with E-state index in [0.29, 0.717) is 17.4 Å². The zero-order chi connectivity index (χ0) is 51.5. The summed E-state index contributed by atoms with van der Waals surface area (Å²) in [5.41, 5.74) is 0. The molecule has 0 heterocycles. The quantitative estimate of drug-likeness (QED) is 0.0212. The van der Waals surface area contributed by atoms with E-state index in [-0.39, 0.29) is 24.9 Å². The second-order valence-electron chi connectivity index (χ2n) is 20.8. The van der Waals surface area contributed by atoms with E-state index in [1.54, 1.807) is 0 Å². The van der Waals surface area contributed by atoms with Crippen molar-refractivity contribution in [1.82, 2.24) is 5.32 Å². The van der Waals surface area contributed by atoms with E-state index in [1.807, 2.05) is 33.3 Å². The molecule has 0 spiro atoms. The molecule has 0 radical (unpaired) electrons. The van der Waals surface area contributed by atoms with Gasteiger partial charge in [0.15, 0.2) is 0 Å². The number of amides is 1. The van der Waals surface area contributed by atoms with Crippen LogP contribution in [0.1, 0.15) is 258 Å². The van der Waals surface area contributed by atoms with Crippen LogP contribution in [0.2, 0.25) is 0 Å². The molecule has 0 aromatic heterocycles. The fraction of sp³-hybridized carbons (Fsp3) is 0.800. The van der Waals surface area contributed by atoms with Gasteiger partial charge in [-0.1, -0.05) is 230 Å². The molecule has 0 aliphatic heterocycles. The van der Waals surface area contributed by atoms with Crippen molar-refractivity contribution in [3.05, 3.63) is 60.8 Å². The van der Waals surface area contributed by atoms with Gasteiger partial charge in [0.25, 0.3) is 7.82 Å². The first kappa shape index (κ1) is 67.7. The Morgan fingerprint density at radius 2 is 0.871 bits per heavy atom. The zero-order valence-electron chi connectivity index (χ0n) is 46.5. The van der Waals surface area contributed by atoms with Crippen LogP contribution < -0.4 is 10.2 Å². The molecule has 0 bridgehead atoms. The molecule has 0 fully saturated rings. The number of phosphoric acid groups is 1. The highest BCUT2D eigenvalue weighted by Gasteiger charge is 2.27. The number of ether oxygens (including phenoxy) is 1. The molecule has 3 unspecified atom stereocenters. The van der Waals surface area contributed by atoms with E-state index in [9.17, 15) is 19.0 Å². The Kier molecular flexibility index (Phi) is 48.6. The van der Waals surface area contributed by atoms with Crippen molar-refractivity contribution in [1.29, 1.82) is 0 Å². The number of unbranched alkanes of at least 4 members (excludes halogenated alkanes) is 28. The zero-order valence-corrected chi connectivity index (χ0v) is 47.4. The molecule has 0 saturated heterocycles. The highest BCUT2D eigenvalue weighted by atomic mass is 31.2. The number of rotatable bonds is 52. The number of phosphoric ester groups is 1. The largest absolute Gasteiger partial charge is 0.756 e. The lowest BCUT2D eigenvalue weighted by Gasteiger charge is -2.30. The number of nitrogens with one attached hydrogen (secondary N) is 1. The Morgan fingerprint density at radius 1 is 0.500 bits per heavy atom. The number of hydrogen-bond acceptors (Lipinski definition) is 7. The molecular formula is C60H111N2O7P. The van der Waals surface area contributed by atoms with Crippen molar-refractivity contribution < 1.29 is 37.3 Å². The number of allylic oxidation sites excluding steroid dienone is 9. The molecule has 1 N–H and O–H groups in total. The normalized spacial score (nSPS) is 14.2. The number of nitrogens with zero attached hydrogens (tertiary/aromatic N) is 1. The van der Waals surface area contributed by atoms with Crippen LogP contribution in [0.15, 0.2) is 60.8 Å². The van der Waals surface area contributed by atoms with Gasteiger partial charge in [-0.15, -0.1) is 0 Å². The van der Waals surface area contributed by atoms with Crippen LogP contribution in [0.4, 0.5) is 0 Å². The molecule has 408 valence electrons. The Balaban J connectivity index is 5.29. The van der Waals surface area contributed by atoms with Gasteiger partial charge in [-0.25, -0.2) is 0 Å². The third kappa shape index (κ3) is 50.6. The number of quaternary nitrogens is 1. The van der Waals surface area contributed by atoms with Gasteiger partial charge in [-0.2, -0.15) is 0 Å². The van der Waals surface area contributed by atoms with Crippen molar-refractivity contribution in [3.63, 3.8) is 0 Å². The van der Waals surface area contributed by atoms with Gasteiger partial charge >= 0.3 is 5.97 Å². The SMILES string of the molecule is CCCCC/C=C\C/C=C\C/C=C\C/C=C\CCCCCCCC(=O)NC(COP(=O)([O-])OCC[N+](C)(C)C)C(/C=C\CCCCCCCCCCCC)OC(=O)CCCCCCCCCCCCC. The summed E-state index contributed by atoms with van der Waals surface area (Å²) in [5, 5.41) is 3.01.